The second-order valence-electron chi connectivity index (χ2n) is 6.32. The van der Waals surface area contributed by atoms with Gasteiger partial charge < -0.3 is 19.9 Å². The number of rotatable bonds is 6. The Balaban J connectivity index is 1.65. The first-order valence-corrected chi connectivity index (χ1v) is 8.37. The van der Waals surface area contributed by atoms with Gasteiger partial charge in [-0.1, -0.05) is 0 Å². The topological polar surface area (TPSA) is 97.8 Å². The third-order valence-electron chi connectivity index (χ3n) is 4.56. The smallest absolute Gasteiger partial charge is 0.326 e. The molecule has 2 atom stereocenters. The minimum atomic E-state index is -1.04. The fraction of sp³-hybridized carbons (Fsp3) is 0.588. The maximum Gasteiger partial charge on any atom is 0.326 e. The molecule has 7 heteroatoms. The monoisotopic (exact) mass is 334 g/mol. The lowest BCUT2D eigenvalue weighted by atomic mass is 9.93. The third kappa shape index (κ3) is 4.03. The van der Waals surface area contributed by atoms with Gasteiger partial charge in [0.25, 0.3) is 5.91 Å². The largest absolute Gasteiger partial charge is 0.480 e. The number of amides is 1. The first kappa shape index (κ1) is 16.7. The van der Waals surface area contributed by atoms with Gasteiger partial charge in [-0.05, 0) is 38.2 Å². The van der Waals surface area contributed by atoms with Gasteiger partial charge >= 0.3 is 5.97 Å². The van der Waals surface area contributed by atoms with Crippen molar-refractivity contribution in [3.8, 4) is 5.88 Å². The van der Waals surface area contributed by atoms with Crippen molar-refractivity contribution in [1.29, 1.82) is 0 Å². The molecule has 2 aliphatic rings. The summed E-state index contributed by atoms with van der Waals surface area (Å²) in [6, 6.07) is 2.16. The average Bonchev–Trinajstić information content (AvgIpc) is 2.56. The molecule has 1 aliphatic carbocycles. The Morgan fingerprint density at radius 3 is 2.79 bits per heavy atom. The molecule has 1 aliphatic heterocycles. The van der Waals surface area contributed by atoms with Crippen molar-refractivity contribution in [1.82, 2.24) is 10.3 Å². The maximum atomic E-state index is 12.4. The van der Waals surface area contributed by atoms with E-state index in [1.165, 1.54) is 6.20 Å². The van der Waals surface area contributed by atoms with Crippen molar-refractivity contribution in [3.63, 3.8) is 0 Å². The Bertz CT molecular complexity index is 596. The number of aromatic nitrogens is 1. The SMILES string of the molecule is O=C(N[C@@H](C(=O)O)[C@@H]1CCCOC1)c1ccnc(OC2CCC2)c1. The molecule has 0 bridgehead atoms. The molecule has 0 spiro atoms. The van der Waals surface area contributed by atoms with Crippen LogP contribution >= 0.6 is 0 Å². The van der Waals surface area contributed by atoms with Crippen molar-refractivity contribution in [3.05, 3.63) is 23.9 Å². The lowest BCUT2D eigenvalue weighted by Gasteiger charge is -2.28. The summed E-state index contributed by atoms with van der Waals surface area (Å²) < 4.78 is 11.0. The number of hydrogen-bond donors (Lipinski definition) is 2. The number of carboxylic acids is 1. The Kier molecular flexibility index (Phi) is 5.30. The molecule has 2 N–H and O–H groups in total. The number of aliphatic carboxylic acids is 1. The van der Waals surface area contributed by atoms with E-state index >= 15 is 0 Å². The maximum absolute atomic E-state index is 12.4. The van der Waals surface area contributed by atoms with E-state index in [-0.39, 0.29) is 12.0 Å². The first-order chi connectivity index (χ1) is 11.6. The third-order valence-corrected chi connectivity index (χ3v) is 4.56. The molecule has 1 saturated heterocycles. The van der Waals surface area contributed by atoms with E-state index in [1.807, 2.05) is 0 Å². The van der Waals surface area contributed by atoms with Crippen molar-refractivity contribution in [2.45, 2.75) is 44.2 Å². The molecule has 0 unspecified atom stereocenters. The molecule has 24 heavy (non-hydrogen) atoms. The molecule has 2 fully saturated rings. The van der Waals surface area contributed by atoms with E-state index in [2.05, 4.69) is 10.3 Å². The van der Waals surface area contributed by atoms with E-state index in [1.54, 1.807) is 12.1 Å². The van der Waals surface area contributed by atoms with Crippen LogP contribution in [0.15, 0.2) is 18.3 Å². The van der Waals surface area contributed by atoms with Crippen LogP contribution in [-0.2, 0) is 9.53 Å². The summed E-state index contributed by atoms with van der Waals surface area (Å²) >= 11 is 0. The Morgan fingerprint density at radius 1 is 1.33 bits per heavy atom. The normalized spacial score (nSPS) is 22.2. The lowest BCUT2D eigenvalue weighted by Crippen LogP contribution is -2.48. The van der Waals surface area contributed by atoms with Crippen molar-refractivity contribution >= 4 is 11.9 Å². The number of pyridine rings is 1. The predicted octanol–water partition coefficient (Wildman–Crippen LogP) is 1.62. The van der Waals surface area contributed by atoms with Crippen molar-refractivity contribution in [2.75, 3.05) is 13.2 Å². The van der Waals surface area contributed by atoms with Gasteiger partial charge in [-0.3, -0.25) is 4.79 Å². The number of nitrogens with one attached hydrogen (secondary N) is 1. The summed E-state index contributed by atoms with van der Waals surface area (Å²) in [5.41, 5.74) is 0.349. The van der Waals surface area contributed by atoms with Crippen molar-refractivity contribution < 1.29 is 24.2 Å². The molecule has 0 radical (unpaired) electrons. The van der Waals surface area contributed by atoms with Crippen LogP contribution < -0.4 is 10.1 Å². The highest BCUT2D eigenvalue weighted by atomic mass is 16.5. The molecule has 1 amide bonds. The molecule has 2 heterocycles. The summed E-state index contributed by atoms with van der Waals surface area (Å²) in [7, 11) is 0. The molecule has 3 rings (SSSR count). The van der Waals surface area contributed by atoms with Gasteiger partial charge in [0, 0.05) is 30.4 Å². The van der Waals surface area contributed by atoms with E-state index in [9.17, 15) is 14.7 Å². The highest BCUT2D eigenvalue weighted by Gasteiger charge is 2.31. The number of carbonyl (C=O) groups is 2. The lowest BCUT2D eigenvalue weighted by molar-refractivity contribution is -0.142. The van der Waals surface area contributed by atoms with E-state index in [4.69, 9.17) is 9.47 Å². The Hall–Kier alpha value is -2.15. The average molecular weight is 334 g/mol. The second-order valence-corrected chi connectivity index (χ2v) is 6.32. The number of carbonyl (C=O) groups excluding carboxylic acids is 1. The van der Waals surface area contributed by atoms with Crippen LogP contribution in [0.2, 0.25) is 0 Å². The van der Waals surface area contributed by atoms with E-state index in [0.29, 0.717) is 24.7 Å². The molecule has 7 nitrogen and oxygen atoms in total. The van der Waals surface area contributed by atoms with Gasteiger partial charge in [0.1, 0.15) is 12.1 Å². The van der Waals surface area contributed by atoms with Crippen LogP contribution in [-0.4, -0.2) is 47.3 Å². The summed E-state index contributed by atoms with van der Waals surface area (Å²) in [5.74, 6) is -1.29. The molecule has 130 valence electrons. The van der Waals surface area contributed by atoms with E-state index in [0.717, 1.165) is 32.1 Å². The second kappa shape index (κ2) is 7.61. The molecule has 0 aromatic carbocycles. The predicted molar refractivity (Wildman–Crippen MR) is 84.9 cm³/mol. The fourth-order valence-electron chi connectivity index (χ4n) is 2.91. The highest BCUT2D eigenvalue weighted by molar-refractivity contribution is 5.96. The highest BCUT2D eigenvalue weighted by Crippen LogP contribution is 2.24. The van der Waals surface area contributed by atoms with Gasteiger partial charge in [-0.2, -0.15) is 0 Å². The van der Waals surface area contributed by atoms with Gasteiger partial charge in [0.05, 0.1) is 6.61 Å². The van der Waals surface area contributed by atoms with Crippen molar-refractivity contribution in [2.24, 2.45) is 5.92 Å². The quantitative estimate of drug-likeness (QED) is 0.820. The number of ether oxygens (including phenoxy) is 2. The van der Waals surface area contributed by atoms with Crippen LogP contribution in [0.3, 0.4) is 0 Å². The fourth-order valence-corrected chi connectivity index (χ4v) is 2.91. The van der Waals surface area contributed by atoms with Gasteiger partial charge in [0.2, 0.25) is 5.88 Å². The van der Waals surface area contributed by atoms with Crippen LogP contribution in [0.1, 0.15) is 42.5 Å². The zero-order valence-corrected chi connectivity index (χ0v) is 13.4. The number of hydrogen-bond acceptors (Lipinski definition) is 5. The molecule has 1 aromatic heterocycles. The molecular weight excluding hydrogens is 312 g/mol. The summed E-state index contributed by atoms with van der Waals surface area (Å²) in [4.78, 5) is 28.1. The zero-order valence-electron chi connectivity index (χ0n) is 13.4. The zero-order chi connectivity index (χ0) is 16.9. The van der Waals surface area contributed by atoms with Gasteiger partial charge in [0.15, 0.2) is 0 Å². The van der Waals surface area contributed by atoms with Crippen LogP contribution in [0.25, 0.3) is 0 Å². The summed E-state index contributed by atoms with van der Waals surface area (Å²) in [5, 5.41) is 12.0. The van der Waals surface area contributed by atoms with Gasteiger partial charge in [-0.15, -0.1) is 0 Å². The molecule has 1 aromatic rings. The van der Waals surface area contributed by atoms with Crippen LogP contribution in [0.5, 0.6) is 5.88 Å². The summed E-state index contributed by atoms with van der Waals surface area (Å²) in [6.45, 7) is 0.993. The number of carboxylic acid groups (broad SMARTS) is 1. The minimum absolute atomic E-state index is 0.168. The Morgan fingerprint density at radius 2 is 2.17 bits per heavy atom. The number of nitrogens with zero attached hydrogens (tertiary/aromatic N) is 1. The summed E-state index contributed by atoms with van der Waals surface area (Å²) in [6.07, 6.45) is 6.35. The first-order valence-electron chi connectivity index (χ1n) is 8.37. The standard InChI is InChI=1S/C17H22N2O5/c20-16(19-15(17(21)22)12-3-2-8-23-10-12)11-6-7-18-14(9-11)24-13-4-1-5-13/h6-7,9,12-13,15H,1-5,8,10H2,(H,19,20)(H,21,22)/t12-,15-/m1/s1. The Labute approximate surface area is 140 Å². The van der Waals surface area contributed by atoms with Gasteiger partial charge in [-0.25, -0.2) is 9.78 Å². The molecular formula is C17H22N2O5. The molecule has 1 saturated carbocycles. The van der Waals surface area contributed by atoms with Crippen LogP contribution in [0.4, 0.5) is 0 Å². The minimum Gasteiger partial charge on any atom is -0.480 e. The van der Waals surface area contributed by atoms with E-state index < -0.39 is 17.9 Å². The van der Waals surface area contributed by atoms with Crippen LogP contribution in [0, 0.1) is 5.92 Å².